The van der Waals surface area contributed by atoms with E-state index in [4.69, 9.17) is 0 Å². The smallest absolute Gasteiger partial charge is 0.267 e. The van der Waals surface area contributed by atoms with Crippen LogP contribution in [0.25, 0.3) is 10.8 Å². The first-order valence-corrected chi connectivity index (χ1v) is 8.02. The Morgan fingerprint density at radius 2 is 1.57 bits per heavy atom. The topological polar surface area (TPSA) is 41.5 Å². The SMILES string of the molecule is CC(=NNC(=O)c1ccc(Br)cc1)c1ccc2ccccc2c1. The molecule has 1 N–H and O–H groups in total. The Morgan fingerprint density at radius 3 is 2.30 bits per heavy atom. The van der Waals surface area contributed by atoms with E-state index >= 15 is 0 Å². The molecule has 4 heteroatoms. The first-order valence-electron chi connectivity index (χ1n) is 7.23. The Balaban J connectivity index is 1.78. The van der Waals surface area contributed by atoms with Crippen molar-refractivity contribution in [3.05, 3.63) is 82.3 Å². The second-order valence-electron chi connectivity index (χ2n) is 5.21. The van der Waals surface area contributed by atoms with Crippen LogP contribution >= 0.6 is 15.9 Å². The van der Waals surface area contributed by atoms with Crippen LogP contribution in [0.3, 0.4) is 0 Å². The highest BCUT2D eigenvalue weighted by atomic mass is 79.9. The quantitative estimate of drug-likeness (QED) is 0.527. The van der Waals surface area contributed by atoms with Gasteiger partial charge in [0.2, 0.25) is 0 Å². The Morgan fingerprint density at radius 1 is 0.913 bits per heavy atom. The van der Waals surface area contributed by atoms with Crippen LogP contribution in [0.4, 0.5) is 0 Å². The van der Waals surface area contributed by atoms with Crippen molar-refractivity contribution < 1.29 is 4.79 Å². The molecule has 0 bridgehead atoms. The van der Waals surface area contributed by atoms with Gasteiger partial charge in [-0.15, -0.1) is 0 Å². The number of halogens is 1. The predicted molar refractivity (Wildman–Crippen MR) is 97.8 cm³/mol. The molecule has 0 heterocycles. The second-order valence-corrected chi connectivity index (χ2v) is 6.12. The van der Waals surface area contributed by atoms with Crippen molar-refractivity contribution in [3.8, 4) is 0 Å². The van der Waals surface area contributed by atoms with Gasteiger partial charge in [-0.3, -0.25) is 4.79 Å². The Hall–Kier alpha value is -2.46. The van der Waals surface area contributed by atoms with E-state index in [1.54, 1.807) is 12.1 Å². The Bertz CT molecular complexity index is 885. The number of carbonyl (C=O) groups is 1. The molecule has 0 radical (unpaired) electrons. The standard InChI is InChI=1S/C19H15BrN2O/c1-13(16-7-6-14-4-2-3-5-17(14)12-16)21-22-19(23)15-8-10-18(20)11-9-15/h2-12H,1H3,(H,22,23). The number of hydrazone groups is 1. The van der Waals surface area contributed by atoms with Gasteiger partial charge in [-0.05, 0) is 53.6 Å². The third kappa shape index (κ3) is 3.66. The van der Waals surface area contributed by atoms with Gasteiger partial charge >= 0.3 is 0 Å². The van der Waals surface area contributed by atoms with Gasteiger partial charge in [-0.2, -0.15) is 5.10 Å². The lowest BCUT2D eigenvalue weighted by molar-refractivity contribution is 0.0955. The third-order valence-corrected chi connectivity index (χ3v) is 4.13. The van der Waals surface area contributed by atoms with Gasteiger partial charge in [0.25, 0.3) is 5.91 Å². The maximum Gasteiger partial charge on any atom is 0.271 e. The maximum atomic E-state index is 12.1. The zero-order valence-corrected chi connectivity index (χ0v) is 14.2. The number of carbonyl (C=O) groups excluding carboxylic acids is 1. The molecule has 0 atom stereocenters. The lowest BCUT2D eigenvalue weighted by Gasteiger charge is -2.05. The molecule has 0 aliphatic heterocycles. The summed E-state index contributed by atoms with van der Waals surface area (Å²) in [5.41, 5.74) is 4.92. The summed E-state index contributed by atoms with van der Waals surface area (Å²) in [5.74, 6) is -0.224. The molecule has 23 heavy (non-hydrogen) atoms. The summed E-state index contributed by atoms with van der Waals surface area (Å²) in [4.78, 5) is 12.1. The van der Waals surface area contributed by atoms with Crippen molar-refractivity contribution in [2.45, 2.75) is 6.92 Å². The van der Waals surface area contributed by atoms with Gasteiger partial charge in [-0.1, -0.05) is 52.3 Å². The van der Waals surface area contributed by atoms with E-state index in [0.29, 0.717) is 5.56 Å². The highest BCUT2D eigenvalue weighted by molar-refractivity contribution is 9.10. The van der Waals surface area contributed by atoms with Crippen LogP contribution in [0.5, 0.6) is 0 Å². The van der Waals surface area contributed by atoms with Crippen molar-refractivity contribution >= 4 is 38.3 Å². The summed E-state index contributed by atoms with van der Waals surface area (Å²) in [6.45, 7) is 1.88. The molecule has 1 amide bonds. The fourth-order valence-corrected chi connectivity index (χ4v) is 2.54. The van der Waals surface area contributed by atoms with E-state index in [1.807, 2.05) is 37.3 Å². The maximum absolute atomic E-state index is 12.1. The minimum absolute atomic E-state index is 0.224. The molecule has 0 saturated carbocycles. The minimum Gasteiger partial charge on any atom is -0.267 e. The number of nitrogens with zero attached hydrogens (tertiary/aromatic N) is 1. The normalized spacial score (nSPS) is 11.5. The predicted octanol–water partition coefficient (Wildman–Crippen LogP) is 4.76. The first kappa shape index (κ1) is 15.4. The summed E-state index contributed by atoms with van der Waals surface area (Å²) in [6.07, 6.45) is 0. The highest BCUT2D eigenvalue weighted by Crippen LogP contribution is 2.16. The summed E-state index contributed by atoms with van der Waals surface area (Å²) in [7, 11) is 0. The van der Waals surface area contributed by atoms with Gasteiger partial charge in [0, 0.05) is 10.0 Å². The molecule has 0 saturated heterocycles. The van der Waals surface area contributed by atoms with E-state index in [1.165, 1.54) is 5.39 Å². The summed E-state index contributed by atoms with van der Waals surface area (Å²) in [5, 5.41) is 6.54. The van der Waals surface area contributed by atoms with E-state index in [2.05, 4.69) is 50.7 Å². The molecule has 3 aromatic carbocycles. The fourth-order valence-electron chi connectivity index (χ4n) is 2.28. The van der Waals surface area contributed by atoms with Gasteiger partial charge in [-0.25, -0.2) is 5.43 Å². The van der Waals surface area contributed by atoms with E-state index in [-0.39, 0.29) is 5.91 Å². The highest BCUT2D eigenvalue weighted by Gasteiger charge is 2.05. The molecule has 0 aliphatic rings. The van der Waals surface area contributed by atoms with Gasteiger partial charge in [0.15, 0.2) is 0 Å². The number of fused-ring (bicyclic) bond motifs is 1. The van der Waals surface area contributed by atoms with Crippen LogP contribution in [0, 0.1) is 0 Å². The molecule has 0 aliphatic carbocycles. The summed E-state index contributed by atoms with van der Waals surface area (Å²) >= 11 is 3.35. The largest absolute Gasteiger partial charge is 0.271 e. The lowest BCUT2D eigenvalue weighted by Crippen LogP contribution is -2.19. The van der Waals surface area contributed by atoms with Crippen LogP contribution < -0.4 is 5.43 Å². The van der Waals surface area contributed by atoms with Crippen LogP contribution in [0.2, 0.25) is 0 Å². The van der Waals surface area contributed by atoms with E-state index in [0.717, 1.165) is 21.1 Å². The van der Waals surface area contributed by atoms with Crippen molar-refractivity contribution in [1.29, 1.82) is 0 Å². The monoisotopic (exact) mass is 366 g/mol. The van der Waals surface area contributed by atoms with Crippen molar-refractivity contribution in [2.75, 3.05) is 0 Å². The van der Waals surface area contributed by atoms with Crippen molar-refractivity contribution in [1.82, 2.24) is 5.43 Å². The van der Waals surface area contributed by atoms with Crippen LogP contribution in [0.1, 0.15) is 22.8 Å². The molecular formula is C19H15BrN2O. The van der Waals surface area contributed by atoms with Gasteiger partial charge < -0.3 is 0 Å². The average molecular weight is 367 g/mol. The summed E-state index contributed by atoms with van der Waals surface area (Å²) in [6, 6.07) is 21.4. The molecule has 3 aromatic rings. The molecule has 0 unspecified atom stereocenters. The van der Waals surface area contributed by atoms with Gasteiger partial charge in [0.1, 0.15) is 0 Å². The molecule has 3 nitrogen and oxygen atoms in total. The number of nitrogens with one attached hydrogen (secondary N) is 1. The average Bonchev–Trinajstić information content (AvgIpc) is 2.59. The molecule has 0 aromatic heterocycles. The lowest BCUT2D eigenvalue weighted by atomic mass is 10.0. The number of amides is 1. The Labute approximate surface area is 143 Å². The Kier molecular flexibility index (Phi) is 4.53. The van der Waals surface area contributed by atoms with Crippen LogP contribution in [-0.4, -0.2) is 11.6 Å². The molecule has 0 spiro atoms. The fraction of sp³-hybridized carbons (Fsp3) is 0.0526. The summed E-state index contributed by atoms with van der Waals surface area (Å²) < 4.78 is 0.935. The molecule has 3 rings (SSSR count). The van der Waals surface area contributed by atoms with E-state index < -0.39 is 0 Å². The zero-order chi connectivity index (χ0) is 16.2. The van der Waals surface area contributed by atoms with Crippen molar-refractivity contribution in [2.24, 2.45) is 5.10 Å². The number of rotatable bonds is 3. The van der Waals surface area contributed by atoms with Gasteiger partial charge in [0.05, 0.1) is 5.71 Å². The van der Waals surface area contributed by atoms with Crippen LogP contribution in [0.15, 0.2) is 76.3 Å². The second kappa shape index (κ2) is 6.75. The molecule has 114 valence electrons. The van der Waals surface area contributed by atoms with E-state index in [9.17, 15) is 4.79 Å². The third-order valence-electron chi connectivity index (χ3n) is 3.60. The first-order chi connectivity index (χ1) is 11.1. The zero-order valence-electron chi connectivity index (χ0n) is 12.6. The number of benzene rings is 3. The number of hydrogen-bond acceptors (Lipinski definition) is 2. The molecular weight excluding hydrogens is 352 g/mol. The molecule has 0 fully saturated rings. The van der Waals surface area contributed by atoms with Crippen molar-refractivity contribution in [3.63, 3.8) is 0 Å². The number of hydrogen-bond donors (Lipinski definition) is 1. The minimum atomic E-state index is -0.224. The van der Waals surface area contributed by atoms with Crippen LogP contribution in [-0.2, 0) is 0 Å².